The molecule has 0 radical (unpaired) electrons. The Morgan fingerprint density at radius 1 is 1.00 bits per heavy atom. The maximum Gasteiger partial charge on any atom is 0.0638 e. The third-order valence-electron chi connectivity index (χ3n) is 4.69. The fourth-order valence-corrected chi connectivity index (χ4v) is 3.48. The molecule has 0 amide bonds. The highest BCUT2D eigenvalue weighted by Crippen LogP contribution is 2.30. The zero-order valence-electron chi connectivity index (χ0n) is 15.5. The maximum absolute atomic E-state index is 9.42. The second-order valence-electron chi connectivity index (χ2n) is 6.68. The molecule has 0 bridgehead atoms. The van der Waals surface area contributed by atoms with Crippen LogP contribution in [0, 0.1) is 6.92 Å². The number of hydrogen-bond acceptors (Lipinski definition) is 3. The van der Waals surface area contributed by atoms with E-state index >= 15 is 0 Å². The molecule has 0 atom stereocenters. The Hall–Kier alpha value is -2.43. The molecule has 26 heavy (non-hydrogen) atoms. The van der Waals surface area contributed by atoms with Crippen LogP contribution in [0.1, 0.15) is 34.8 Å². The van der Waals surface area contributed by atoms with E-state index in [0.717, 1.165) is 25.2 Å². The van der Waals surface area contributed by atoms with Gasteiger partial charge in [-0.25, -0.2) is 0 Å². The summed E-state index contributed by atoms with van der Waals surface area (Å²) in [6, 6.07) is 21.3. The summed E-state index contributed by atoms with van der Waals surface area (Å²) >= 11 is 0. The number of nitrogens with zero attached hydrogens (tertiary/aromatic N) is 3. The monoisotopic (exact) mass is 349 g/mol. The molecule has 3 rings (SSSR count). The van der Waals surface area contributed by atoms with Crippen LogP contribution in [0.2, 0.25) is 0 Å². The Balaban J connectivity index is 1.99. The molecule has 4 nitrogen and oxygen atoms in total. The maximum atomic E-state index is 9.42. The summed E-state index contributed by atoms with van der Waals surface area (Å²) in [6.07, 6.45) is 2.84. The van der Waals surface area contributed by atoms with E-state index in [1.54, 1.807) is 0 Å². The fraction of sp³-hybridized carbons (Fsp3) is 0.318. The average Bonchev–Trinajstić information content (AvgIpc) is 2.98. The molecule has 2 aromatic carbocycles. The molecule has 0 saturated carbocycles. The minimum Gasteiger partial charge on any atom is -0.396 e. The third-order valence-corrected chi connectivity index (χ3v) is 4.69. The van der Waals surface area contributed by atoms with Gasteiger partial charge in [-0.15, -0.1) is 0 Å². The highest BCUT2D eigenvalue weighted by atomic mass is 16.3. The van der Waals surface area contributed by atoms with Crippen molar-refractivity contribution in [2.75, 3.05) is 13.2 Å². The summed E-state index contributed by atoms with van der Waals surface area (Å²) in [4.78, 5) is 2.44. The van der Waals surface area contributed by atoms with Crippen molar-refractivity contribution in [2.24, 2.45) is 7.05 Å². The SMILES string of the molecule is Cc1nn(C)cc1CN(CCCO)C(c1ccccc1)c1ccccc1. The summed E-state index contributed by atoms with van der Waals surface area (Å²) in [5, 5.41) is 13.9. The molecule has 0 unspecified atom stereocenters. The van der Waals surface area contributed by atoms with E-state index < -0.39 is 0 Å². The molecule has 1 heterocycles. The van der Waals surface area contributed by atoms with E-state index in [2.05, 4.69) is 83.8 Å². The van der Waals surface area contributed by atoms with E-state index in [0.29, 0.717) is 0 Å². The van der Waals surface area contributed by atoms with Gasteiger partial charge < -0.3 is 5.11 Å². The molecule has 4 heteroatoms. The van der Waals surface area contributed by atoms with Crippen molar-refractivity contribution in [2.45, 2.75) is 25.9 Å². The van der Waals surface area contributed by atoms with Crippen molar-refractivity contribution in [1.82, 2.24) is 14.7 Å². The highest BCUT2D eigenvalue weighted by Gasteiger charge is 2.23. The topological polar surface area (TPSA) is 41.3 Å². The summed E-state index contributed by atoms with van der Waals surface area (Å²) in [7, 11) is 1.96. The summed E-state index contributed by atoms with van der Waals surface area (Å²) in [5.41, 5.74) is 4.81. The lowest BCUT2D eigenvalue weighted by molar-refractivity contribution is 0.186. The van der Waals surface area contributed by atoms with Crippen molar-refractivity contribution in [3.8, 4) is 0 Å². The molecule has 0 fully saturated rings. The number of rotatable bonds is 8. The van der Waals surface area contributed by atoms with E-state index in [1.165, 1.54) is 16.7 Å². The largest absolute Gasteiger partial charge is 0.396 e. The van der Waals surface area contributed by atoms with E-state index in [4.69, 9.17) is 0 Å². The van der Waals surface area contributed by atoms with Gasteiger partial charge in [-0.2, -0.15) is 5.10 Å². The minimum atomic E-state index is 0.142. The molecule has 1 aromatic heterocycles. The van der Waals surface area contributed by atoms with E-state index in [9.17, 15) is 5.11 Å². The highest BCUT2D eigenvalue weighted by molar-refractivity contribution is 5.32. The third kappa shape index (κ3) is 4.40. The zero-order chi connectivity index (χ0) is 18.4. The molecule has 1 N–H and O–H groups in total. The van der Waals surface area contributed by atoms with Gasteiger partial charge in [-0.05, 0) is 24.5 Å². The van der Waals surface area contributed by atoms with E-state index in [-0.39, 0.29) is 12.6 Å². The molecule has 0 aliphatic rings. The van der Waals surface area contributed by atoms with Crippen LogP contribution in [0.25, 0.3) is 0 Å². The quantitative estimate of drug-likeness (QED) is 0.674. The fourth-order valence-electron chi connectivity index (χ4n) is 3.48. The molecule has 136 valence electrons. The molecule has 3 aromatic rings. The van der Waals surface area contributed by atoms with Crippen molar-refractivity contribution in [1.29, 1.82) is 0 Å². The Morgan fingerprint density at radius 2 is 1.58 bits per heavy atom. The van der Waals surface area contributed by atoms with Gasteiger partial charge in [0.1, 0.15) is 0 Å². The lowest BCUT2D eigenvalue weighted by Crippen LogP contribution is -2.31. The van der Waals surface area contributed by atoms with E-state index in [1.807, 2.05) is 11.7 Å². The van der Waals surface area contributed by atoms with Gasteiger partial charge in [-0.1, -0.05) is 60.7 Å². The van der Waals surface area contributed by atoms with Crippen LogP contribution in [0.15, 0.2) is 66.9 Å². The predicted octanol–water partition coefficient (Wildman–Crippen LogP) is 3.70. The van der Waals surface area contributed by atoms with Gasteiger partial charge >= 0.3 is 0 Å². The van der Waals surface area contributed by atoms with Crippen molar-refractivity contribution in [3.05, 3.63) is 89.2 Å². The first-order valence-electron chi connectivity index (χ1n) is 9.13. The Bertz CT molecular complexity index is 759. The second kappa shape index (κ2) is 8.79. The predicted molar refractivity (Wildman–Crippen MR) is 105 cm³/mol. The molecule has 0 aliphatic heterocycles. The standard InChI is InChI=1S/C22H27N3O/c1-18-21(16-24(2)23-18)17-25(14-9-15-26)22(19-10-5-3-6-11-19)20-12-7-4-8-13-20/h3-8,10-13,16,22,26H,9,14-15,17H2,1-2H3. The first-order valence-corrected chi connectivity index (χ1v) is 9.13. The van der Waals surface area contributed by atoms with Gasteiger partial charge in [0, 0.05) is 38.5 Å². The minimum absolute atomic E-state index is 0.142. The number of hydrogen-bond donors (Lipinski definition) is 1. The molecule has 0 saturated heterocycles. The van der Waals surface area contributed by atoms with Gasteiger partial charge in [0.25, 0.3) is 0 Å². The van der Waals surface area contributed by atoms with Crippen LogP contribution in [0.4, 0.5) is 0 Å². The second-order valence-corrected chi connectivity index (χ2v) is 6.68. The van der Waals surface area contributed by atoms with Gasteiger partial charge in [0.05, 0.1) is 11.7 Å². The number of aryl methyl sites for hydroxylation is 2. The molecule has 0 spiro atoms. The molecular weight excluding hydrogens is 322 g/mol. The van der Waals surface area contributed by atoms with Crippen LogP contribution in [0.5, 0.6) is 0 Å². The number of aliphatic hydroxyl groups is 1. The lowest BCUT2D eigenvalue weighted by atomic mass is 9.96. The van der Waals surface area contributed by atoms with Gasteiger partial charge in [0.2, 0.25) is 0 Å². The normalized spacial score (nSPS) is 11.4. The van der Waals surface area contributed by atoms with Crippen molar-refractivity contribution >= 4 is 0 Å². The first-order chi connectivity index (χ1) is 12.7. The summed E-state index contributed by atoms with van der Waals surface area (Å²) in [6.45, 7) is 3.87. The van der Waals surface area contributed by atoms with Crippen molar-refractivity contribution < 1.29 is 5.11 Å². The number of benzene rings is 2. The summed E-state index contributed by atoms with van der Waals surface area (Å²) < 4.78 is 1.87. The Labute approximate surface area is 155 Å². The average molecular weight is 349 g/mol. The van der Waals surface area contributed by atoms with Crippen LogP contribution < -0.4 is 0 Å². The Kier molecular flexibility index (Phi) is 6.21. The number of aromatic nitrogens is 2. The van der Waals surface area contributed by atoms with Crippen LogP contribution in [0.3, 0.4) is 0 Å². The molecular formula is C22H27N3O. The zero-order valence-corrected chi connectivity index (χ0v) is 15.5. The summed E-state index contributed by atoms with van der Waals surface area (Å²) in [5.74, 6) is 0. The van der Waals surface area contributed by atoms with Crippen molar-refractivity contribution in [3.63, 3.8) is 0 Å². The van der Waals surface area contributed by atoms with Gasteiger partial charge in [-0.3, -0.25) is 9.58 Å². The Morgan fingerprint density at radius 3 is 2.04 bits per heavy atom. The lowest BCUT2D eigenvalue weighted by Gasteiger charge is -2.32. The van der Waals surface area contributed by atoms with Crippen LogP contribution >= 0.6 is 0 Å². The molecule has 0 aliphatic carbocycles. The number of aliphatic hydroxyl groups excluding tert-OH is 1. The smallest absolute Gasteiger partial charge is 0.0638 e. The van der Waals surface area contributed by atoms with Crippen LogP contribution in [-0.2, 0) is 13.6 Å². The van der Waals surface area contributed by atoms with Crippen LogP contribution in [-0.4, -0.2) is 32.9 Å². The van der Waals surface area contributed by atoms with Gasteiger partial charge in [0.15, 0.2) is 0 Å². The first kappa shape index (κ1) is 18.4.